The molecule has 1 aromatic carbocycles. The fourth-order valence-electron chi connectivity index (χ4n) is 1.81. The minimum Gasteiger partial charge on any atom is -0.356 e. The molecule has 17 heavy (non-hydrogen) atoms. The first-order valence-electron chi connectivity index (χ1n) is 5.49. The quantitative estimate of drug-likeness (QED) is 0.876. The van der Waals surface area contributed by atoms with Crippen LogP contribution in [0.5, 0.6) is 0 Å². The summed E-state index contributed by atoms with van der Waals surface area (Å²) in [6, 6.07) is 7.43. The predicted molar refractivity (Wildman–Crippen MR) is 68.5 cm³/mol. The summed E-state index contributed by atoms with van der Waals surface area (Å²) in [7, 11) is 0. The van der Waals surface area contributed by atoms with Crippen molar-refractivity contribution in [3.63, 3.8) is 0 Å². The number of rotatable bonds is 2. The molecule has 1 aliphatic rings. The van der Waals surface area contributed by atoms with Crippen LogP contribution in [0.15, 0.2) is 28.7 Å². The van der Waals surface area contributed by atoms with E-state index in [9.17, 15) is 9.59 Å². The number of hydrogen-bond acceptors (Lipinski definition) is 2. The van der Waals surface area contributed by atoms with E-state index >= 15 is 0 Å². The summed E-state index contributed by atoms with van der Waals surface area (Å²) in [5, 5.41) is 5.55. The molecule has 1 unspecified atom stereocenters. The highest BCUT2D eigenvalue weighted by Gasteiger charge is 2.25. The van der Waals surface area contributed by atoms with E-state index in [2.05, 4.69) is 26.6 Å². The molecule has 0 radical (unpaired) electrons. The smallest absolute Gasteiger partial charge is 0.228 e. The predicted octanol–water partition coefficient (Wildman–Crippen LogP) is 1.91. The molecule has 4 nitrogen and oxygen atoms in total. The van der Waals surface area contributed by atoms with E-state index in [0.29, 0.717) is 13.0 Å². The first-order valence-corrected chi connectivity index (χ1v) is 6.28. The van der Waals surface area contributed by atoms with Crippen molar-refractivity contribution in [2.24, 2.45) is 5.92 Å². The standard InChI is InChI=1S/C12H13BrN2O2/c13-9-3-1-2-4-10(9)15-12(17)8-5-6-14-11(16)7-8/h1-4,8H,5-7H2,(H,14,16)(H,15,17). The van der Waals surface area contributed by atoms with E-state index in [1.165, 1.54) is 0 Å². The number of para-hydroxylation sites is 1. The Morgan fingerprint density at radius 1 is 1.41 bits per heavy atom. The third kappa shape index (κ3) is 3.06. The number of hydrogen-bond donors (Lipinski definition) is 2. The Kier molecular flexibility index (Phi) is 3.78. The van der Waals surface area contributed by atoms with Gasteiger partial charge in [-0.15, -0.1) is 0 Å². The maximum absolute atomic E-state index is 12.0. The molecular formula is C12H13BrN2O2. The fourth-order valence-corrected chi connectivity index (χ4v) is 2.19. The summed E-state index contributed by atoms with van der Waals surface area (Å²) in [4.78, 5) is 23.2. The Morgan fingerprint density at radius 2 is 2.18 bits per heavy atom. The van der Waals surface area contributed by atoms with Crippen LogP contribution in [0, 0.1) is 5.92 Å². The molecule has 90 valence electrons. The molecule has 2 amide bonds. The van der Waals surface area contributed by atoms with Gasteiger partial charge in [0.1, 0.15) is 0 Å². The van der Waals surface area contributed by atoms with Crippen LogP contribution < -0.4 is 10.6 Å². The highest BCUT2D eigenvalue weighted by Crippen LogP contribution is 2.23. The Bertz CT molecular complexity index is 448. The van der Waals surface area contributed by atoms with E-state index in [1.54, 1.807) is 0 Å². The Hall–Kier alpha value is -1.36. The van der Waals surface area contributed by atoms with Crippen LogP contribution >= 0.6 is 15.9 Å². The SMILES string of the molecule is O=C1CC(C(=O)Nc2ccccc2Br)CCN1. The molecule has 0 bridgehead atoms. The van der Waals surface area contributed by atoms with Crippen LogP contribution in [0.3, 0.4) is 0 Å². The molecule has 2 N–H and O–H groups in total. The summed E-state index contributed by atoms with van der Waals surface area (Å²) in [5.41, 5.74) is 0.739. The molecule has 0 aliphatic carbocycles. The Labute approximate surface area is 108 Å². The number of anilines is 1. The Balaban J connectivity index is 2.02. The minimum atomic E-state index is -0.226. The zero-order valence-electron chi connectivity index (χ0n) is 9.20. The van der Waals surface area contributed by atoms with Crippen LogP contribution in [0.1, 0.15) is 12.8 Å². The maximum Gasteiger partial charge on any atom is 0.228 e. The van der Waals surface area contributed by atoms with Crippen LogP contribution in [-0.4, -0.2) is 18.4 Å². The molecule has 1 atom stereocenters. The highest BCUT2D eigenvalue weighted by molar-refractivity contribution is 9.10. The van der Waals surface area contributed by atoms with Gasteiger partial charge in [0, 0.05) is 23.4 Å². The summed E-state index contributed by atoms with van der Waals surface area (Å²) in [6.07, 6.45) is 0.971. The number of piperidine rings is 1. The largest absolute Gasteiger partial charge is 0.356 e. The average molecular weight is 297 g/mol. The van der Waals surface area contributed by atoms with Gasteiger partial charge in [0.05, 0.1) is 5.69 Å². The Morgan fingerprint density at radius 3 is 2.88 bits per heavy atom. The summed E-state index contributed by atoms with van der Waals surface area (Å²) < 4.78 is 0.841. The van der Waals surface area contributed by atoms with Gasteiger partial charge >= 0.3 is 0 Å². The van der Waals surface area contributed by atoms with Crippen LogP contribution in [-0.2, 0) is 9.59 Å². The normalized spacial score (nSPS) is 19.6. The van der Waals surface area contributed by atoms with Gasteiger partial charge in [-0.25, -0.2) is 0 Å². The van der Waals surface area contributed by atoms with Crippen molar-refractivity contribution in [2.45, 2.75) is 12.8 Å². The lowest BCUT2D eigenvalue weighted by molar-refractivity contribution is -0.129. The van der Waals surface area contributed by atoms with Crippen molar-refractivity contribution in [1.29, 1.82) is 0 Å². The third-order valence-corrected chi connectivity index (χ3v) is 3.44. The van der Waals surface area contributed by atoms with Gasteiger partial charge in [0.2, 0.25) is 11.8 Å². The monoisotopic (exact) mass is 296 g/mol. The third-order valence-electron chi connectivity index (χ3n) is 2.75. The summed E-state index contributed by atoms with van der Waals surface area (Å²) in [5.74, 6) is -0.369. The van der Waals surface area contributed by atoms with Gasteiger partial charge in [-0.1, -0.05) is 12.1 Å². The van der Waals surface area contributed by atoms with Crippen molar-refractivity contribution < 1.29 is 9.59 Å². The van der Waals surface area contributed by atoms with E-state index < -0.39 is 0 Å². The number of nitrogens with one attached hydrogen (secondary N) is 2. The minimum absolute atomic E-state index is 0.0523. The van der Waals surface area contributed by atoms with Crippen molar-refractivity contribution in [3.05, 3.63) is 28.7 Å². The van der Waals surface area contributed by atoms with Gasteiger partial charge in [-0.3, -0.25) is 9.59 Å². The van der Waals surface area contributed by atoms with Crippen molar-refractivity contribution >= 4 is 33.4 Å². The van der Waals surface area contributed by atoms with Crippen LogP contribution in [0.2, 0.25) is 0 Å². The molecular weight excluding hydrogens is 284 g/mol. The van der Waals surface area contributed by atoms with Crippen molar-refractivity contribution in [2.75, 3.05) is 11.9 Å². The second-order valence-electron chi connectivity index (χ2n) is 4.01. The van der Waals surface area contributed by atoms with Crippen LogP contribution in [0.25, 0.3) is 0 Å². The van der Waals surface area contributed by atoms with Gasteiger partial charge in [-0.05, 0) is 34.5 Å². The molecule has 0 spiro atoms. The van der Waals surface area contributed by atoms with E-state index in [1.807, 2.05) is 24.3 Å². The molecule has 1 aromatic rings. The lowest BCUT2D eigenvalue weighted by Crippen LogP contribution is -2.38. The number of carbonyl (C=O) groups excluding carboxylic acids is 2. The molecule has 2 rings (SSSR count). The second kappa shape index (κ2) is 5.31. The molecule has 1 heterocycles. The lowest BCUT2D eigenvalue weighted by atomic mass is 9.96. The molecule has 0 aromatic heterocycles. The van der Waals surface area contributed by atoms with Crippen molar-refractivity contribution in [3.8, 4) is 0 Å². The zero-order valence-corrected chi connectivity index (χ0v) is 10.8. The van der Waals surface area contributed by atoms with E-state index in [-0.39, 0.29) is 24.2 Å². The average Bonchev–Trinajstić information content (AvgIpc) is 2.32. The summed E-state index contributed by atoms with van der Waals surface area (Å²) >= 11 is 3.37. The van der Waals surface area contributed by atoms with Gasteiger partial charge in [0.15, 0.2) is 0 Å². The first kappa shape index (κ1) is 12.1. The van der Waals surface area contributed by atoms with Crippen molar-refractivity contribution in [1.82, 2.24) is 5.32 Å². The molecule has 1 fully saturated rings. The van der Waals surface area contributed by atoms with Gasteiger partial charge in [0.25, 0.3) is 0 Å². The number of benzene rings is 1. The number of carbonyl (C=O) groups is 2. The van der Waals surface area contributed by atoms with Crippen LogP contribution in [0.4, 0.5) is 5.69 Å². The van der Waals surface area contributed by atoms with Gasteiger partial charge in [-0.2, -0.15) is 0 Å². The summed E-state index contributed by atoms with van der Waals surface area (Å²) in [6.45, 7) is 0.576. The zero-order chi connectivity index (χ0) is 12.3. The molecule has 0 saturated carbocycles. The molecule has 1 saturated heterocycles. The molecule has 5 heteroatoms. The number of halogens is 1. The van der Waals surface area contributed by atoms with E-state index in [4.69, 9.17) is 0 Å². The molecule has 1 aliphatic heterocycles. The maximum atomic E-state index is 12.0. The first-order chi connectivity index (χ1) is 8.16. The van der Waals surface area contributed by atoms with E-state index in [0.717, 1.165) is 10.2 Å². The second-order valence-corrected chi connectivity index (χ2v) is 4.86. The van der Waals surface area contributed by atoms with Gasteiger partial charge < -0.3 is 10.6 Å². The fraction of sp³-hybridized carbons (Fsp3) is 0.333. The lowest BCUT2D eigenvalue weighted by Gasteiger charge is -2.21. The highest BCUT2D eigenvalue weighted by atomic mass is 79.9. The topological polar surface area (TPSA) is 58.2 Å². The number of amides is 2.